The minimum absolute atomic E-state index is 0.00461. The van der Waals surface area contributed by atoms with E-state index in [1.807, 2.05) is 72.8 Å². The number of benzene rings is 3. The third-order valence-corrected chi connectivity index (χ3v) is 6.46. The number of unbranched alkanes of at least 4 members (excludes halogenated alkanes) is 6. The van der Waals surface area contributed by atoms with Gasteiger partial charge >= 0.3 is 5.97 Å². The van der Waals surface area contributed by atoms with Gasteiger partial charge in [0.15, 0.2) is 0 Å². The highest BCUT2D eigenvalue weighted by atomic mass is 16.5. The molecule has 4 nitrogen and oxygen atoms in total. The minimum atomic E-state index is -0.367. The highest BCUT2D eigenvalue weighted by molar-refractivity contribution is 5.91. The van der Waals surface area contributed by atoms with Crippen molar-refractivity contribution in [2.45, 2.75) is 78.2 Å². The lowest BCUT2D eigenvalue weighted by molar-refractivity contribution is 0.0626. The molecule has 0 aliphatic carbocycles. The molecule has 3 aromatic rings. The first kappa shape index (κ1) is 28.5. The summed E-state index contributed by atoms with van der Waals surface area (Å²) in [7, 11) is 0. The monoisotopic (exact) mass is 502 g/mol. The summed E-state index contributed by atoms with van der Waals surface area (Å²) in [6.07, 6.45) is 9.90. The quantitative estimate of drug-likeness (QED) is 0.111. The van der Waals surface area contributed by atoms with Gasteiger partial charge < -0.3 is 14.2 Å². The lowest BCUT2D eigenvalue weighted by Gasteiger charge is -2.14. The Morgan fingerprint density at radius 1 is 0.649 bits per heavy atom. The van der Waals surface area contributed by atoms with E-state index in [0.717, 1.165) is 41.9 Å². The van der Waals surface area contributed by atoms with Gasteiger partial charge in [-0.1, -0.05) is 88.8 Å². The molecule has 0 fully saturated rings. The van der Waals surface area contributed by atoms with Crippen molar-refractivity contribution < 1.29 is 19.0 Å². The number of esters is 1. The molecule has 0 saturated carbocycles. The number of carbonyl (C=O) groups excluding carboxylic acids is 1. The lowest BCUT2D eigenvalue weighted by atomic mass is 10.1. The SMILES string of the molecule is CCCCCCCCCOC(C)c1ccc(C(=O)Oc2ccc(-c3ccc(OCCC)cc3)cc2)cc1. The Morgan fingerprint density at radius 3 is 1.81 bits per heavy atom. The smallest absolute Gasteiger partial charge is 0.343 e. The third kappa shape index (κ3) is 9.70. The summed E-state index contributed by atoms with van der Waals surface area (Å²) in [6.45, 7) is 7.88. The molecule has 198 valence electrons. The highest BCUT2D eigenvalue weighted by Gasteiger charge is 2.11. The normalized spacial score (nSPS) is 11.8. The van der Waals surface area contributed by atoms with E-state index in [1.54, 1.807) is 0 Å². The van der Waals surface area contributed by atoms with Gasteiger partial charge in [-0.15, -0.1) is 0 Å². The van der Waals surface area contributed by atoms with Crippen LogP contribution in [0.15, 0.2) is 72.8 Å². The summed E-state index contributed by atoms with van der Waals surface area (Å²) in [5.41, 5.74) is 3.72. The van der Waals surface area contributed by atoms with Crippen molar-refractivity contribution in [3.63, 3.8) is 0 Å². The summed E-state index contributed by atoms with van der Waals surface area (Å²) < 4.78 is 17.2. The molecule has 0 saturated heterocycles. The molecule has 0 radical (unpaired) electrons. The van der Waals surface area contributed by atoms with Crippen molar-refractivity contribution in [1.29, 1.82) is 0 Å². The first-order chi connectivity index (χ1) is 18.1. The van der Waals surface area contributed by atoms with Crippen molar-refractivity contribution in [2.24, 2.45) is 0 Å². The van der Waals surface area contributed by atoms with Crippen molar-refractivity contribution >= 4 is 5.97 Å². The zero-order valence-electron chi connectivity index (χ0n) is 22.7. The van der Waals surface area contributed by atoms with Gasteiger partial charge in [-0.05, 0) is 72.9 Å². The van der Waals surface area contributed by atoms with Crippen LogP contribution < -0.4 is 9.47 Å². The Hall–Kier alpha value is -3.11. The maximum Gasteiger partial charge on any atom is 0.343 e. The largest absolute Gasteiger partial charge is 0.494 e. The second kappa shape index (κ2) is 15.9. The number of carbonyl (C=O) groups is 1. The van der Waals surface area contributed by atoms with Gasteiger partial charge in [-0.2, -0.15) is 0 Å². The van der Waals surface area contributed by atoms with E-state index in [-0.39, 0.29) is 12.1 Å². The van der Waals surface area contributed by atoms with Crippen LogP contribution in [0, 0.1) is 0 Å². The number of ether oxygens (including phenoxy) is 3. The molecule has 0 aromatic heterocycles. The van der Waals surface area contributed by atoms with Crippen LogP contribution in [0.2, 0.25) is 0 Å². The number of hydrogen-bond acceptors (Lipinski definition) is 4. The molecule has 0 heterocycles. The molecule has 0 aliphatic rings. The molecule has 0 spiro atoms. The van der Waals surface area contributed by atoms with Crippen molar-refractivity contribution in [2.75, 3.05) is 13.2 Å². The Bertz CT molecular complexity index is 1040. The lowest BCUT2D eigenvalue weighted by Crippen LogP contribution is -2.09. The molecule has 3 aromatic carbocycles. The van der Waals surface area contributed by atoms with Gasteiger partial charge in [0, 0.05) is 6.61 Å². The summed E-state index contributed by atoms with van der Waals surface area (Å²) in [6, 6.07) is 23.1. The molecule has 1 atom stereocenters. The van der Waals surface area contributed by atoms with Gasteiger partial charge in [0.05, 0.1) is 18.3 Å². The highest BCUT2D eigenvalue weighted by Crippen LogP contribution is 2.25. The van der Waals surface area contributed by atoms with Gasteiger partial charge in [-0.3, -0.25) is 0 Å². The van der Waals surface area contributed by atoms with E-state index in [9.17, 15) is 4.79 Å². The first-order valence-electron chi connectivity index (χ1n) is 13.9. The van der Waals surface area contributed by atoms with Crippen LogP contribution in [0.5, 0.6) is 11.5 Å². The average molecular weight is 503 g/mol. The van der Waals surface area contributed by atoms with E-state index in [2.05, 4.69) is 20.8 Å². The summed E-state index contributed by atoms with van der Waals surface area (Å²) in [5, 5.41) is 0. The van der Waals surface area contributed by atoms with Gasteiger partial charge in [-0.25, -0.2) is 4.79 Å². The predicted molar refractivity (Wildman–Crippen MR) is 151 cm³/mol. The van der Waals surface area contributed by atoms with Crippen LogP contribution in [0.25, 0.3) is 11.1 Å². The van der Waals surface area contributed by atoms with E-state index in [0.29, 0.717) is 17.9 Å². The molecular formula is C33H42O4. The zero-order chi connectivity index (χ0) is 26.3. The minimum Gasteiger partial charge on any atom is -0.494 e. The van der Waals surface area contributed by atoms with Gasteiger partial charge in [0.25, 0.3) is 0 Å². The van der Waals surface area contributed by atoms with E-state index in [4.69, 9.17) is 14.2 Å². The van der Waals surface area contributed by atoms with Crippen molar-refractivity contribution in [3.8, 4) is 22.6 Å². The number of hydrogen-bond donors (Lipinski definition) is 0. The third-order valence-electron chi connectivity index (χ3n) is 6.46. The maximum absolute atomic E-state index is 12.6. The summed E-state index contributed by atoms with van der Waals surface area (Å²) in [5.74, 6) is 1.02. The molecule has 4 heteroatoms. The molecule has 0 N–H and O–H groups in total. The molecule has 3 rings (SSSR count). The molecule has 0 amide bonds. The molecule has 37 heavy (non-hydrogen) atoms. The predicted octanol–water partition coefficient (Wildman–Crippen LogP) is 9.19. The van der Waals surface area contributed by atoms with Crippen molar-refractivity contribution in [3.05, 3.63) is 83.9 Å². The van der Waals surface area contributed by atoms with Crippen LogP contribution in [-0.4, -0.2) is 19.2 Å². The fraction of sp³-hybridized carbons (Fsp3) is 0.424. The summed E-state index contributed by atoms with van der Waals surface area (Å²) >= 11 is 0. The number of rotatable bonds is 16. The summed E-state index contributed by atoms with van der Waals surface area (Å²) in [4.78, 5) is 12.6. The Balaban J connectivity index is 1.44. The van der Waals surface area contributed by atoms with E-state index in [1.165, 1.54) is 38.5 Å². The van der Waals surface area contributed by atoms with Crippen LogP contribution in [0.1, 0.15) is 94.2 Å². The molecular weight excluding hydrogens is 460 g/mol. The standard InChI is InChI=1S/C33H42O4/c1-4-6-7-8-9-10-11-25-35-26(3)27-12-14-30(15-13-27)33(34)37-32-22-18-29(19-23-32)28-16-20-31(21-17-28)36-24-5-2/h12-23,26H,4-11,24-25H2,1-3H3. The van der Waals surface area contributed by atoms with Gasteiger partial charge in [0.1, 0.15) is 11.5 Å². The Morgan fingerprint density at radius 2 is 1.22 bits per heavy atom. The fourth-order valence-corrected chi connectivity index (χ4v) is 4.15. The second-order valence-electron chi connectivity index (χ2n) is 9.54. The second-order valence-corrected chi connectivity index (χ2v) is 9.54. The van der Waals surface area contributed by atoms with Crippen LogP contribution in [0.4, 0.5) is 0 Å². The maximum atomic E-state index is 12.6. The first-order valence-corrected chi connectivity index (χ1v) is 13.9. The molecule has 1 unspecified atom stereocenters. The molecule has 0 aliphatic heterocycles. The topological polar surface area (TPSA) is 44.8 Å². The molecule has 0 bridgehead atoms. The van der Waals surface area contributed by atoms with Gasteiger partial charge in [0.2, 0.25) is 0 Å². The van der Waals surface area contributed by atoms with Crippen LogP contribution >= 0.6 is 0 Å². The average Bonchev–Trinajstić information content (AvgIpc) is 2.94. The van der Waals surface area contributed by atoms with Crippen molar-refractivity contribution in [1.82, 2.24) is 0 Å². The fourth-order valence-electron chi connectivity index (χ4n) is 4.15. The van der Waals surface area contributed by atoms with Crippen LogP contribution in [-0.2, 0) is 4.74 Å². The Labute approximate surface area is 223 Å². The van der Waals surface area contributed by atoms with Crippen LogP contribution in [0.3, 0.4) is 0 Å². The Kier molecular flexibility index (Phi) is 12.2. The zero-order valence-corrected chi connectivity index (χ0v) is 22.7. The van der Waals surface area contributed by atoms with E-state index < -0.39 is 0 Å². The van der Waals surface area contributed by atoms with E-state index >= 15 is 0 Å².